The standard InChI is InChI=1S/C28H34FN7O4/c1-4-31-9-10-32-25(37)15-35(16-26(38)34(3)36-13-20-5-7-22(29)12-21(20)14-36)24-8-6-19(11-18(24)2)28-33-23(17-40-28)27(30)39/h5-8,11-12,17,31H,4,9-10,13-16H2,1-3H3,(H2,30,39)(H,32,37). The lowest BCUT2D eigenvalue weighted by atomic mass is 10.1. The number of hydrogen-bond donors (Lipinski definition) is 3. The second kappa shape index (κ2) is 12.7. The molecule has 0 spiro atoms. The van der Waals surface area contributed by atoms with Crippen LogP contribution < -0.4 is 21.3 Å². The van der Waals surface area contributed by atoms with Crippen molar-refractivity contribution >= 4 is 23.4 Å². The van der Waals surface area contributed by atoms with Gasteiger partial charge in [-0.15, -0.1) is 0 Å². The van der Waals surface area contributed by atoms with Crippen LogP contribution in [0.25, 0.3) is 11.5 Å². The van der Waals surface area contributed by atoms with Crippen LogP contribution in [-0.2, 0) is 22.7 Å². The summed E-state index contributed by atoms with van der Waals surface area (Å²) in [5, 5.41) is 9.40. The first kappa shape index (κ1) is 28.7. The summed E-state index contributed by atoms with van der Waals surface area (Å²) in [7, 11) is 1.67. The number of aryl methyl sites for hydroxylation is 1. The number of benzene rings is 2. The molecule has 0 atom stereocenters. The maximum Gasteiger partial charge on any atom is 0.270 e. The molecule has 0 bridgehead atoms. The molecule has 0 saturated heterocycles. The van der Waals surface area contributed by atoms with Crippen molar-refractivity contribution in [3.05, 3.63) is 70.9 Å². The first-order valence-electron chi connectivity index (χ1n) is 13.0. The quantitative estimate of drug-likeness (QED) is 0.290. The molecule has 0 saturated carbocycles. The zero-order chi connectivity index (χ0) is 28.8. The molecule has 1 aromatic heterocycles. The van der Waals surface area contributed by atoms with Crippen LogP contribution in [-0.4, -0.2) is 72.5 Å². The fourth-order valence-corrected chi connectivity index (χ4v) is 4.57. The number of rotatable bonds is 12. The Morgan fingerprint density at radius 1 is 1.10 bits per heavy atom. The molecule has 2 aromatic carbocycles. The van der Waals surface area contributed by atoms with Gasteiger partial charge in [-0.3, -0.25) is 19.4 Å². The Hall–Kier alpha value is -4.29. The van der Waals surface area contributed by atoms with Crippen LogP contribution in [0, 0.1) is 12.7 Å². The Morgan fingerprint density at radius 3 is 2.58 bits per heavy atom. The number of hydrazine groups is 1. The highest BCUT2D eigenvalue weighted by Crippen LogP contribution is 2.28. The molecule has 1 aliphatic heterocycles. The lowest BCUT2D eigenvalue weighted by molar-refractivity contribution is -0.145. The van der Waals surface area contributed by atoms with Gasteiger partial charge in [0.1, 0.15) is 12.1 Å². The third-order valence-corrected chi connectivity index (χ3v) is 6.73. The molecule has 40 heavy (non-hydrogen) atoms. The van der Waals surface area contributed by atoms with E-state index in [0.717, 1.165) is 23.2 Å². The van der Waals surface area contributed by atoms with E-state index in [2.05, 4.69) is 15.6 Å². The fourth-order valence-electron chi connectivity index (χ4n) is 4.57. The van der Waals surface area contributed by atoms with Gasteiger partial charge in [0, 0.05) is 44.5 Å². The van der Waals surface area contributed by atoms with E-state index in [4.69, 9.17) is 10.2 Å². The van der Waals surface area contributed by atoms with Gasteiger partial charge in [-0.2, -0.15) is 0 Å². The monoisotopic (exact) mass is 551 g/mol. The van der Waals surface area contributed by atoms with Crippen molar-refractivity contribution in [3.8, 4) is 11.5 Å². The van der Waals surface area contributed by atoms with E-state index >= 15 is 0 Å². The summed E-state index contributed by atoms with van der Waals surface area (Å²) < 4.78 is 19.1. The smallest absolute Gasteiger partial charge is 0.270 e. The first-order valence-corrected chi connectivity index (χ1v) is 13.0. The number of anilines is 1. The number of primary amides is 1. The van der Waals surface area contributed by atoms with E-state index < -0.39 is 5.91 Å². The molecule has 212 valence electrons. The molecular weight excluding hydrogens is 517 g/mol. The van der Waals surface area contributed by atoms with Crippen LogP contribution in [0.3, 0.4) is 0 Å². The molecule has 0 unspecified atom stereocenters. The highest BCUT2D eigenvalue weighted by Gasteiger charge is 2.27. The van der Waals surface area contributed by atoms with E-state index in [0.29, 0.717) is 37.4 Å². The summed E-state index contributed by atoms with van der Waals surface area (Å²) in [5.74, 6) is -1.22. The minimum absolute atomic E-state index is 0.0213. The number of oxazole rings is 1. The second-order valence-corrected chi connectivity index (χ2v) is 9.62. The van der Waals surface area contributed by atoms with Crippen molar-refractivity contribution in [2.24, 2.45) is 5.73 Å². The van der Waals surface area contributed by atoms with Gasteiger partial charge in [0.15, 0.2) is 5.69 Å². The predicted molar refractivity (Wildman–Crippen MR) is 147 cm³/mol. The summed E-state index contributed by atoms with van der Waals surface area (Å²) in [5.41, 5.74) is 9.18. The van der Waals surface area contributed by atoms with Crippen molar-refractivity contribution in [3.63, 3.8) is 0 Å². The Kier molecular flexibility index (Phi) is 9.12. The molecule has 12 heteroatoms. The maximum absolute atomic E-state index is 13.7. The number of carbonyl (C=O) groups excluding carboxylic acids is 3. The average Bonchev–Trinajstić information content (AvgIpc) is 3.58. The number of likely N-dealkylation sites (N-methyl/N-ethyl adjacent to an activating group) is 2. The normalized spacial score (nSPS) is 12.7. The lowest BCUT2D eigenvalue weighted by Gasteiger charge is -2.32. The van der Waals surface area contributed by atoms with Gasteiger partial charge in [-0.25, -0.2) is 14.4 Å². The van der Waals surface area contributed by atoms with Crippen molar-refractivity contribution in [2.75, 3.05) is 44.7 Å². The summed E-state index contributed by atoms with van der Waals surface area (Å²) in [6.07, 6.45) is 1.20. The van der Waals surface area contributed by atoms with Crippen LogP contribution in [0.15, 0.2) is 47.1 Å². The fraction of sp³-hybridized carbons (Fsp3) is 0.357. The van der Waals surface area contributed by atoms with Gasteiger partial charge in [0.25, 0.3) is 11.8 Å². The zero-order valence-electron chi connectivity index (χ0n) is 22.9. The van der Waals surface area contributed by atoms with E-state index in [9.17, 15) is 18.8 Å². The number of nitrogens with one attached hydrogen (secondary N) is 2. The van der Waals surface area contributed by atoms with Crippen molar-refractivity contribution in [1.29, 1.82) is 0 Å². The van der Waals surface area contributed by atoms with Gasteiger partial charge in [0.05, 0.1) is 13.1 Å². The number of amides is 3. The number of fused-ring (bicyclic) bond motifs is 1. The van der Waals surface area contributed by atoms with Crippen LogP contribution in [0.1, 0.15) is 34.1 Å². The first-order chi connectivity index (χ1) is 19.2. The van der Waals surface area contributed by atoms with Gasteiger partial charge in [-0.1, -0.05) is 13.0 Å². The number of nitrogens with zero attached hydrogens (tertiary/aromatic N) is 4. The van der Waals surface area contributed by atoms with Gasteiger partial charge >= 0.3 is 0 Å². The molecular formula is C28H34FN7O4. The Morgan fingerprint density at radius 2 is 1.88 bits per heavy atom. The molecule has 0 radical (unpaired) electrons. The molecule has 2 heterocycles. The van der Waals surface area contributed by atoms with Crippen LogP contribution in [0.2, 0.25) is 0 Å². The van der Waals surface area contributed by atoms with Gasteiger partial charge in [0.2, 0.25) is 11.8 Å². The summed E-state index contributed by atoms with van der Waals surface area (Å²) >= 11 is 0. The largest absolute Gasteiger partial charge is 0.444 e. The molecule has 4 N–H and O–H groups in total. The van der Waals surface area contributed by atoms with Gasteiger partial charge < -0.3 is 25.7 Å². The zero-order valence-corrected chi connectivity index (χ0v) is 22.9. The molecule has 4 rings (SSSR count). The molecule has 0 aliphatic carbocycles. The Balaban J connectivity index is 1.51. The SMILES string of the molecule is CCNCCNC(=O)CN(CC(=O)N(C)N1Cc2ccc(F)cc2C1)c1ccc(-c2nc(C(N)=O)co2)cc1C. The average molecular weight is 552 g/mol. The third-order valence-electron chi connectivity index (χ3n) is 6.73. The van der Waals surface area contributed by atoms with E-state index in [-0.39, 0.29) is 42.3 Å². The molecule has 1 aliphatic rings. The highest BCUT2D eigenvalue weighted by atomic mass is 19.1. The number of nitrogens with two attached hydrogens (primary N) is 1. The Bertz CT molecular complexity index is 1390. The van der Waals surface area contributed by atoms with E-state index in [1.54, 1.807) is 30.1 Å². The number of aromatic nitrogens is 1. The summed E-state index contributed by atoms with van der Waals surface area (Å²) in [4.78, 5) is 43.5. The van der Waals surface area contributed by atoms with Crippen LogP contribution >= 0.6 is 0 Å². The highest BCUT2D eigenvalue weighted by molar-refractivity contribution is 5.91. The van der Waals surface area contributed by atoms with E-state index in [1.807, 2.05) is 24.9 Å². The molecule has 3 amide bonds. The van der Waals surface area contributed by atoms with E-state index in [1.165, 1.54) is 23.4 Å². The van der Waals surface area contributed by atoms with Crippen molar-refractivity contribution in [2.45, 2.75) is 26.9 Å². The predicted octanol–water partition coefficient (Wildman–Crippen LogP) is 1.81. The topological polar surface area (TPSA) is 137 Å². The maximum atomic E-state index is 13.7. The van der Waals surface area contributed by atoms with Crippen LogP contribution in [0.5, 0.6) is 0 Å². The second-order valence-electron chi connectivity index (χ2n) is 9.62. The lowest BCUT2D eigenvalue weighted by Crippen LogP contribution is -2.48. The summed E-state index contributed by atoms with van der Waals surface area (Å²) in [6, 6.07) is 9.98. The minimum atomic E-state index is -0.691. The third kappa shape index (κ3) is 6.82. The Labute approximate surface area is 232 Å². The molecule has 11 nitrogen and oxygen atoms in total. The van der Waals surface area contributed by atoms with Crippen molar-refractivity contribution < 1.29 is 23.2 Å². The van der Waals surface area contributed by atoms with Crippen molar-refractivity contribution in [1.82, 2.24) is 25.6 Å². The summed E-state index contributed by atoms with van der Waals surface area (Å²) in [6.45, 7) is 6.53. The van der Waals surface area contributed by atoms with Gasteiger partial charge in [-0.05, 0) is 60.5 Å². The molecule has 0 fully saturated rings. The number of carbonyl (C=O) groups is 3. The minimum Gasteiger partial charge on any atom is -0.444 e. The number of halogens is 1. The number of hydrogen-bond acceptors (Lipinski definition) is 8. The molecule has 3 aromatic rings. The van der Waals surface area contributed by atoms with Crippen LogP contribution in [0.4, 0.5) is 10.1 Å².